The van der Waals surface area contributed by atoms with E-state index in [4.69, 9.17) is 11.6 Å². The molecule has 0 fully saturated rings. The van der Waals surface area contributed by atoms with Crippen LogP contribution >= 0.6 is 11.6 Å². The first kappa shape index (κ1) is 17.9. The number of halogens is 2. The monoisotopic (exact) mass is 403 g/mol. The van der Waals surface area contributed by atoms with Crippen molar-refractivity contribution in [3.8, 4) is 11.1 Å². The molecule has 0 spiro atoms. The van der Waals surface area contributed by atoms with Gasteiger partial charge in [-0.25, -0.2) is 17.8 Å². The van der Waals surface area contributed by atoms with Crippen LogP contribution < -0.4 is 0 Å². The predicted molar refractivity (Wildman–Crippen MR) is 104 cm³/mol. The number of aromatic nitrogens is 3. The highest BCUT2D eigenvalue weighted by Gasteiger charge is 2.29. The minimum atomic E-state index is -3.74. The summed E-state index contributed by atoms with van der Waals surface area (Å²) in [7, 11) is -3.74. The molecule has 1 N–H and O–H groups in total. The average Bonchev–Trinajstić information content (AvgIpc) is 3.06. The Bertz CT molecular complexity index is 1280. The number of nitrogens with zero attached hydrogens (tertiary/aromatic N) is 2. The third-order valence-corrected chi connectivity index (χ3v) is 7.09. The number of fused-ring (bicyclic) bond motifs is 2. The number of hydrogen-bond acceptors (Lipinski definition) is 4. The van der Waals surface area contributed by atoms with Gasteiger partial charge in [-0.05, 0) is 43.7 Å². The van der Waals surface area contributed by atoms with E-state index >= 15 is 0 Å². The van der Waals surface area contributed by atoms with Crippen molar-refractivity contribution in [2.24, 2.45) is 0 Å². The molecule has 27 heavy (non-hydrogen) atoms. The number of hydrogen-bond donors (Lipinski definition) is 1. The fourth-order valence-electron chi connectivity index (χ4n) is 3.05. The molecular formula is C19H15ClFN3O2S. The Balaban J connectivity index is 2.21. The first-order chi connectivity index (χ1) is 12.8. The lowest BCUT2D eigenvalue weighted by atomic mass is 10.00. The summed E-state index contributed by atoms with van der Waals surface area (Å²) in [5, 5.41) is 7.49. The molecular weight excluding hydrogens is 389 g/mol. The molecule has 0 radical (unpaired) electrons. The molecule has 0 saturated heterocycles. The summed E-state index contributed by atoms with van der Waals surface area (Å²) in [5.41, 5.74) is 2.25. The maximum atomic E-state index is 13.5. The normalized spacial score (nSPS) is 12.3. The maximum absolute atomic E-state index is 13.5. The van der Waals surface area contributed by atoms with E-state index in [-0.39, 0.29) is 10.0 Å². The lowest BCUT2D eigenvalue weighted by Gasteiger charge is -2.17. The molecule has 8 heteroatoms. The van der Waals surface area contributed by atoms with Gasteiger partial charge in [0.1, 0.15) is 15.9 Å². The van der Waals surface area contributed by atoms with Crippen molar-refractivity contribution >= 4 is 43.2 Å². The van der Waals surface area contributed by atoms with Crippen LogP contribution in [0.1, 0.15) is 13.8 Å². The largest absolute Gasteiger partial charge is 0.278 e. The van der Waals surface area contributed by atoms with Crippen LogP contribution in [0.4, 0.5) is 4.39 Å². The van der Waals surface area contributed by atoms with Crippen LogP contribution in [0.5, 0.6) is 0 Å². The van der Waals surface area contributed by atoms with E-state index in [1.54, 1.807) is 38.2 Å². The maximum Gasteiger partial charge on any atom is 0.184 e. The number of benzene rings is 2. The Labute approximate surface area is 160 Å². The van der Waals surface area contributed by atoms with Crippen molar-refractivity contribution < 1.29 is 12.8 Å². The lowest BCUT2D eigenvalue weighted by molar-refractivity contribution is 0.587. The predicted octanol–water partition coefficient (Wildman–Crippen LogP) is 4.75. The van der Waals surface area contributed by atoms with Gasteiger partial charge in [-0.2, -0.15) is 5.10 Å². The number of pyridine rings is 1. The van der Waals surface area contributed by atoms with Crippen molar-refractivity contribution in [3.63, 3.8) is 0 Å². The molecule has 0 bridgehead atoms. The van der Waals surface area contributed by atoms with E-state index in [0.29, 0.717) is 22.0 Å². The summed E-state index contributed by atoms with van der Waals surface area (Å²) < 4.78 is 39.6. The van der Waals surface area contributed by atoms with Gasteiger partial charge in [0.15, 0.2) is 9.84 Å². The third kappa shape index (κ3) is 2.87. The van der Waals surface area contributed by atoms with E-state index in [2.05, 4.69) is 15.2 Å². The van der Waals surface area contributed by atoms with Gasteiger partial charge in [-0.3, -0.25) is 5.10 Å². The highest BCUT2D eigenvalue weighted by molar-refractivity contribution is 7.92. The molecule has 4 rings (SSSR count). The summed E-state index contributed by atoms with van der Waals surface area (Å²) in [5.74, 6) is -0.409. The van der Waals surface area contributed by atoms with E-state index < -0.39 is 20.9 Å². The van der Waals surface area contributed by atoms with E-state index in [1.807, 2.05) is 6.07 Å². The SMILES string of the molecule is CC(C)S(=O)(=O)c1c(Cl)nc2cc3[nH]ncc3cc2c1-c1ccc(F)cc1. The van der Waals surface area contributed by atoms with Gasteiger partial charge in [0.25, 0.3) is 0 Å². The fourth-order valence-corrected chi connectivity index (χ4v) is 4.83. The van der Waals surface area contributed by atoms with E-state index in [0.717, 1.165) is 10.9 Å². The number of sulfone groups is 1. The molecule has 2 aromatic heterocycles. The molecule has 0 aliphatic carbocycles. The van der Waals surface area contributed by atoms with Gasteiger partial charge in [-0.15, -0.1) is 0 Å². The molecule has 0 amide bonds. The smallest absolute Gasteiger partial charge is 0.184 e. The van der Waals surface area contributed by atoms with Crippen molar-refractivity contribution in [1.82, 2.24) is 15.2 Å². The van der Waals surface area contributed by atoms with Crippen LogP contribution in [0.3, 0.4) is 0 Å². The molecule has 2 aromatic carbocycles. The topological polar surface area (TPSA) is 75.7 Å². The number of nitrogens with one attached hydrogen (secondary N) is 1. The summed E-state index contributed by atoms with van der Waals surface area (Å²) in [6, 6.07) is 9.24. The Morgan fingerprint density at radius 2 is 1.85 bits per heavy atom. The molecule has 0 aliphatic rings. The third-order valence-electron chi connectivity index (χ3n) is 4.50. The Morgan fingerprint density at radius 1 is 1.15 bits per heavy atom. The molecule has 0 aliphatic heterocycles. The Morgan fingerprint density at radius 3 is 2.52 bits per heavy atom. The standard InChI is InChI=1S/C19H15ClFN3O2S/c1-10(2)27(25,26)18-17(11-3-5-13(21)6-4-11)14-7-12-9-22-24-15(12)8-16(14)23-19(18)20/h3-10H,1-2H3,(H,22,24). The molecule has 2 heterocycles. The molecule has 138 valence electrons. The summed E-state index contributed by atoms with van der Waals surface area (Å²) in [6.45, 7) is 3.17. The highest BCUT2D eigenvalue weighted by atomic mass is 35.5. The zero-order chi connectivity index (χ0) is 19.3. The van der Waals surface area contributed by atoms with Gasteiger partial charge >= 0.3 is 0 Å². The first-order valence-electron chi connectivity index (χ1n) is 8.25. The second kappa shape index (κ2) is 6.28. The van der Waals surface area contributed by atoms with Gasteiger partial charge in [0, 0.05) is 16.3 Å². The van der Waals surface area contributed by atoms with Gasteiger partial charge in [0.2, 0.25) is 0 Å². The van der Waals surface area contributed by atoms with Gasteiger partial charge in [-0.1, -0.05) is 23.7 Å². The van der Waals surface area contributed by atoms with Crippen LogP contribution in [-0.2, 0) is 9.84 Å². The van der Waals surface area contributed by atoms with Gasteiger partial charge < -0.3 is 0 Å². The molecule has 0 unspecified atom stereocenters. The summed E-state index contributed by atoms with van der Waals surface area (Å²) in [6.07, 6.45) is 1.65. The van der Waals surface area contributed by atoms with Crippen molar-refractivity contribution in [3.05, 3.63) is 53.6 Å². The van der Waals surface area contributed by atoms with E-state index in [1.165, 1.54) is 12.1 Å². The Hall–Kier alpha value is -2.51. The minimum Gasteiger partial charge on any atom is -0.278 e. The molecule has 5 nitrogen and oxygen atoms in total. The average molecular weight is 404 g/mol. The second-order valence-electron chi connectivity index (χ2n) is 6.53. The number of aromatic amines is 1. The van der Waals surface area contributed by atoms with Crippen molar-refractivity contribution in [1.29, 1.82) is 0 Å². The fraction of sp³-hybridized carbons (Fsp3) is 0.158. The van der Waals surface area contributed by atoms with E-state index in [9.17, 15) is 12.8 Å². The summed E-state index contributed by atoms with van der Waals surface area (Å²) in [4.78, 5) is 4.28. The quantitative estimate of drug-likeness (QED) is 0.501. The molecule has 4 aromatic rings. The second-order valence-corrected chi connectivity index (χ2v) is 9.33. The summed E-state index contributed by atoms with van der Waals surface area (Å²) >= 11 is 6.35. The van der Waals surface area contributed by atoms with Crippen LogP contribution in [-0.4, -0.2) is 28.8 Å². The van der Waals surface area contributed by atoms with Crippen LogP contribution in [0.25, 0.3) is 32.9 Å². The lowest BCUT2D eigenvalue weighted by Crippen LogP contribution is -2.16. The highest BCUT2D eigenvalue weighted by Crippen LogP contribution is 2.40. The molecule has 0 atom stereocenters. The molecule has 0 saturated carbocycles. The number of rotatable bonds is 3. The van der Waals surface area contributed by atoms with Crippen LogP contribution in [0.2, 0.25) is 5.15 Å². The van der Waals surface area contributed by atoms with Crippen molar-refractivity contribution in [2.75, 3.05) is 0 Å². The minimum absolute atomic E-state index is 0.0406. The zero-order valence-corrected chi connectivity index (χ0v) is 16.1. The Kier molecular flexibility index (Phi) is 4.16. The van der Waals surface area contributed by atoms with Crippen LogP contribution in [0.15, 0.2) is 47.5 Å². The number of H-pyrrole nitrogens is 1. The zero-order valence-electron chi connectivity index (χ0n) is 14.5. The van der Waals surface area contributed by atoms with Crippen LogP contribution in [0, 0.1) is 5.82 Å². The first-order valence-corrected chi connectivity index (χ1v) is 10.2. The van der Waals surface area contributed by atoms with Gasteiger partial charge in [0.05, 0.1) is 22.5 Å². The van der Waals surface area contributed by atoms with Crippen molar-refractivity contribution in [2.45, 2.75) is 24.0 Å².